The fourth-order valence-corrected chi connectivity index (χ4v) is 4.00. The van der Waals surface area contributed by atoms with Gasteiger partial charge in [0, 0.05) is 17.0 Å². The first-order valence-corrected chi connectivity index (χ1v) is 9.81. The van der Waals surface area contributed by atoms with Crippen molar-refractivity contribution in [2.75, 3.05) is 0 Å². The Bertz CT molecular complexity index is 1240. The van der Waals surface area contributed by atoms with E-state index in [4.69, 9.17) is 17.3 Å². The number of piperidine rings is 1. The molecule has 0 saturated carbocycles. The van der Waals surface area contributed by atoms with Crippen LogP contribution >= 0.6 is 11.6 Å². The lowest BCUT2D eigenvalue weighted by atomic mass is 10.1. The van der Waals surface area contributed by atoms with Crippen molar-refractivity contribution in [2.45, 2.75) is 31.8 Å². The van der Waals surface area contributed by atoms with Crippen molar-refractivity contribution >= 4 is 40.2 Å². The molecule has 30 heavy (non-hydrogen) atoms. The number of nitrogens with zero attached hydrogens (tertiary/aromatic N) is 2. The molecule has 0 spiro atoms. The van der Waals surface area contributed by atoms with Crippen molar-refractivity contribution in [1.29, 1.82) is 0 Å². The summed E-state index contributed by atoms with van der Waals surface area (Å²) in [4.78, 5) is 49.2. The van der Waals surface area contributed by atoms with Crippen LogP contribution in [0.4, 0.5) is 0 Å². The van der Waals surface area contributed by atoms with Gasteiger partial charge in [0.25, 0.3) is 11.5 Å². The second-order valence-corrected chi connectivity index (χ2v) is 7.72. The van der Waals surface area contributed by atoms with E-state index in [2.05, 4.69) is 5.32 Å². The number of nitrogens with one attached hydrogen (secondary N) is 1. The van der Waals surface area contributed by atoms with E-state index in [0.717, 1.165) is 5.56 Å². The molecule has 2 atom stereocenters. The number of amides is 3. The van der Waals surface area contributed by atoms with Crippen molar-refractivity contribution in [3.63, 3.8) is 0 Å². The van der Waals surface area contributed by atoms with Crippen molar-refractivity contribution in [3.05, 3.63) is 69.0 Å². The summed E-state index contributed by atoms with van der Waals surface area (Å²) in [5.74, 6) is -1.52. The van der Waals surface area contributed by atoms with Gasteiger partial charge in [-0.25, -0.2) is 4.68 Å². The summed E-state index contributed by atoms with van der Waals surface area (Å²) in [6.07, 6.45) is 0.336. The molecule has 2 heterocycles. The molecule has 154 valence electrons. The van der Waals surface area contributed by atoms with E-state index in [1.807, 2.05) is 19.1 Å². The third kappa shape index (κ3) is 3.29. The van der Waals surface area contributed by atoms with Crippen LogP contribution in [0, 0.1) is 0 Å². The van der Waals surface area contributed by atoms with Gasteiger partial charge in [0.05, 0.1) is 16.9 Å². The van der Waals surface area contributed by atoms with Crippen LogP contribution in [-0.4, -0.2) is 27.1 Å². The quantitative estimate of drug-likeness (QED) is 0.621. The van der Waals surface area contributed by atoms with Crippen LogP contribution in [0.25, 0.3) is 10.9 Å². The largest absolute Gasteiger partial charge is 0.366 e. The van der Waals surface area contributed by atoms with Crippen LogP contribution in [0.1, 0.15) is 47.8 Å². The normalized spacial score (nSPS) is 17.7. The van der Waals surface area contributed by atoms with Gasteiger partial charge in [-0.1, -0.05) is 23.7 Å². The molecule has 1 aliphatic heterocycles. The molecule has 3 aromatic rings. The Hall–Kier alpha value is -3.39. The highest BCUT2D eigenvalue weighted by Gasteiger charge is 2.33. The average molecular weight is 427 g/mol. The van der Waals surface area contributed by atoms with Gasteiger partial charge < -0.3 is 5.73 Å². The summed E-state index contributed by atoms with van der Waals surface area (Å²) in [7, 11) is 0. The first kappa shape index (κ1) is 19.9. The van der Waals surface area contributed by atoms with Gasteiger partial charge in [-0.05, 0) is 49.2 Å². The number of carbonyl (C=O) groups excluding carboxylic acids is 3. The number of rotatable bonds is 4. The Morgan fingerprint density at radius 2 is 1.87 bits per heavy atom. The zero-order valence-electron chi connectivity index (χ0n) is 16.1. The lowest BCUT2D eigenvalue weighted by molar-refractivity contribution is -0.136. The highest BCUT2D eigenvalue weighted by molar-refractivity contribution is 6.30. The molecule has 1 unspecified atom stereocenters. The Morgan fingerprint density at radius 3 is 2.50 bits per heavy atom. The molecule has 8 nitrogen and oxygen atoms in total. The van der Waals surface area contributed by atoms with Gasteiger partial charge >= 0.3 is 0 Å². The minimum absolute atomic E-state index is 0.131. The van der Waals surface area contributed by atoms with Crippen molar-refractivity contribution in [3.8, 4) is 0 Å². The summed E-state index contributed by atoms with van der Waals surface area (Å²) in [6.45, 7) is 1.88. The van der Waals surface area contributed by atoms with Crippen molar-refractivity contribution < 1.29 is 14.4 Å². The number of carbonyl (C=O) groups is 3. The SMILES string of the molecule is C[C@H](c1ccc(Cl)cc1)n1c2cc(C(N)=O)ccc2c(=O)n1C1CCC(=O)NC1=O. The van der Waals surface area contributed by atoms with E-state index >= 15 is 0 Å². The molecule has 4 rings (SSSR count). The van der Waals surface area contributed by atoms with Gasteiger partial charge in [-0.3, -0.25) is 29.2 Å². The molecule has 3 amide bonds. The number of hydrogen-bond donors (Lipinski definition) is 2. The van der Waals surface area contributed by atoms with E-state index < -0.39 is 17.9 Å². The standard InChI is InChI=1S/C21H19ClN4O4/c1-11(12-2-5-14(22)6-3-12)25-17-10-13(19(23)28)4-7-15(17)21(30)26(25)16-8-9-18(27)24-20(16)29/h2-7,10-11,16H,8-9H2,1H3,(H2,23,28)(H,24,27,29)/t11-,16?/m1/s1. The van der Waals surface area contributed by atoms with Crippen LogP contribution in [0.2, 0.25) is 5.02 Å². The number of imide groups is 1. The first-order valence-electron chi connectivity index (χ1n) is 9.43. The number of hydrogen-bond acceptors (Lipinski definition) is 4. The van der Waals surface area contributed by atoms with Crippen LogP contribution in [0.15, 0.2) is 47.3 Å². The summed E-state index contributed by atoms with van der Waals surface area (Å²) in [5.41, 5.74) is 6.63. The molecule has 1 fully saturated rings. The number of primary amides is 1. The summed E-state index contributed by atoms with van der Waals surface area (Å²) in [5, 5.41) is 3.22. The second kappa shape index (κ2) is 7.46. The third-order valence-electron chi connectivity index (χ3n) is 5.42. The minimum atomic E-state index is -0.852. The van der Waals surface area contributed by atoms with Gasteiger partial charge in [0.2, 0.25) is 11.8 Å². The summed E-state index contributed by atoms with van der Waals surface area (Å²) >= 11 is 6.00. The Kier molecular flexibility index (Phi) is 4.95. The summed E-state index contributed by atoms with van der Waals surface area (Å²) < 4.78 is 3.06. The molecule has 9 heteroatoms. The number of nitrogens with two attached hydrogens (primary N) is 1. The van der Waals surface area contributed by atoms with Crippen molar-refractivity contribution in [2.24, 2.45) is 5.73 Å². The van der Waals surface area contributed by atoms with E-state index in [-0.39, 0.29) is 35.9 Å². The van der Waals surface area contributed by atoms with Gasteiger partial charge in [0.15, 0.2) is 0 Å². The molecule has 1 aliphatic rings. The van der Waals surface area contributed by atoms with E-state index in [1.54, 1.807) is 22.9 Å². The number of aromatic nitrogens is 2. The van der Waals surface area contributed by atoms with Crippen LogP contribution < -0.4 is 16.6 Å². The fourth-order valence-electron chi connectivity index (χ4n) is 3.88. The van der Waals surface area contributed by atoms with E-state index in [9.17, 15) is 19.2 Å². The maximum absolute atomic E-state index is 13.3. The molecule has 2 aromatic carbocycles. The van der Waals surface area contributed by atoms with E-state index in [1.165, 1.54) is 16.8 Å². The maximum Gasteiger partial charge on any atom is 0.275 e. The summed E-state index contributed by atoms with van der Waals surface area (Å²) in [6, 6.07) is 10.5. The van der Waals surface area contributed by atoms with Crippen LogP contribution in [0.3, 0.4) is 0 Å². The number of fused-ring (bicyclic) bond motifs is 1. The molecular formula is C21H19ClN4O4. The lowest BCUT2D eigenvalue weighted by Gasteiger charge is -2.27. The molecule has 1 saturated heterocycles. The molecule has 0 aliphatic carbocycles. The molecule has 3 N–H and O–H groups in total. The Morgan fingerprint density at radius 1 is 1.17 bits per heavy atom. The highest BCUT2D eigenvalue weighted by atomic mass is 35.5. The van der Waals surface area contributed by atoms with Gasteiger partial charge in [-0.2, -0.15) is 0 Å². The predicted molar refractivity (Wildman–Crippen MR) is 111 cm³/mol. The monoisotopic (exact) mass is 426 g/mol. The van der Waals surface area contributed by atoms with Gasteiger partial charge in [0.1, 0.15) is 6.04 Å². The predicted octanol–water partition coefficient (Wildman–Crippen LogP) is 2.14. The maximum atomic E-state index is 13.3. The molecule has 1 aromatic heterocycles. The molecular weight excluding hydrogens is 408 g/mol. The van der Waals surface area contributed by atoms with Crippen LogP contribution in [0.5, 0.6) is 0 Å². The molecule has 0 bridgehead atoms. The Balaban J connectivity index is 1.98. The molecule has 0 radical (unpaired) electrons. The Labute approximate surface area is 176 Å². The lowest BCUT2D eigenvalue weighted by Crippen LogP contribution is -2.45. The first-order chi connectivity index (χ1) is 14.3. The number of halogens is 1. The third-order valence-corrected chi connectivity index (χ3v) is 5.68. The van der Waals surface area contributed by atoms with E-state index in [0.29, 0.717) is 15.9 Å². The zero-order valence-corrected chi connectivity index (χ0v) is 16.8. The van der Waals surface area contributed by atoms with Crippen LogP contribution in [-0.2, 0) is 9.59 Å². The topological polar surface area (TPSA) is 116 Å². The minimum Gasteiger partial charge on any atom is -0.366 e. The fraction of sp³-hybridized carbons (Fsp3) is 0.238. The smallest absolute Gasteiger partial charge is 0.275 e. The van der Waals surface area contributed by atoms with Gasteiger partial charge in [-0.15, -0.1) is 0 Å². The highest BCUT2D eigenvalue weighted by Crippen LogP contribution is 2.28. The number of benzene rings is 2. The average Bonchev–Trinajstić information content (AvgIpc) is 3.00. The van der Waals surface area contributed by atoms with Crippen molar-refractivity contribution in [1.82, 2.24) is 14.7 Å². The zero-order chi connectivity index (χ0) is 21.6. The second-order valence-electron chi connectivity index (χ2n) is 7.28.